The number of fused-ring (bicyclic) bond motifs is 1. The molecule has 1 aliphatic heterocycles. The summed E-state index contributed by atoms with van der Waals surface area (Å²) in [5.74, 6) is -0.771. The lowest BCUT2D eigenvalue weighted by molar-refractivity contribution is -0.124. The van der Waals surface area contributed by atoms with Gasteiger partial charge in [0, 0.05) is 40.8 Å². The van der Waals surface area contributed by atoms with E-state index in [0.717, 1.165) is 22.0 Å². The molecule has 0 aliphatic carbocycles. The van der Waals surface area contributed by atoms with E-state index in [1.807, 2.05) is 35.0 Å². The number of nitrogens with zero attached hydrogens (tertiary/aromatic N) is 3. The number of rotatable bonds is 7. The summed E-state index contributed by atoms with van der Waals surface area (Å²) in [4.78, 5) is 13.0. The van der Waals surface area contributed by atoms with Gasteiger partial charge in [0.1, 0.15) is 11.9 Å². The molecular weight excluding hydrogens is 515 g/mol. The van der Waals surface area contributed by atoms with Crippen LogP contribution in [0.3, 0.4) is 0 Å². The van der Waals surface area contributed by atoms with Gasteiger partial charge < -0.3 is 4.57 Å². The van der Waals surface area contributed by atoms with Gasteiger partial charge in [0.15, 0.2) is 0 Å². The van der Waals surface area contributed by atoms with E-state index in [2.05, 4.69) is 10.5 Å². The maximum atomic E-state index is 13.3. The predicted octanol–water partition coefficient (Wildman–Crippen LogP) is 4.79. The van der Waals surface area contributed by atoms with E-state index in [4.69, 9.17) is 11.6 Å². The Morgan fingerprint density at radius 3 is 2.57 bits per heavy atom. The van der Waals surface area contributed by atoms with Crippen molar-refractivity contribution < 1.29 is 17.6 Å². The van der Waals surface area contributed by atoms with Crippen molar-refractivity contribution in [3.63, 3.8) is 0 Å². The van der Waals surface area contributed by atoms with Crippen molar-refractivity contribution in [3.05, 3.63) is 101 Å². The molecular formula is C27H24ClFN4O3S. The van der Waals surface area contributed by atoms with Crippen molar-refractivity contribution in [1.82, 2.24) is 14.3 Å². The minimum atomic E-state index is -3.85. The molecule has 0 unspecified atom stereocenters. The fourth-order valence-electron chi connectivity index (χ4n) is 4.57. The predicted molar refractivity (Wildman–Crippen MR) is 142 cm³/mol. The van der Waals surface area contributed by atoms with Crippen LogP contribution >= 0.6 is 11.6 Å². The van der Waals surface area contributed by atoms with Crippen LogP contribution in [0, 0.1) is 5.82 Å². The maximum absolute atomic E-state index is 13.3. The van der Waals surface area contributed by atoms with Gasteiger partial charge in [-0.1, -0.05) is 41.9 Å². The minimum absolute atomic E-state index is 0.0917. The number of hydrogen-bond acceptors (Lipinski definition) is 4. The molecule has 10 heteroatoms. The van der Waals surface area contributed by atoms with E-state index in [1.165, 1.54) is 40.7 Å². The Bertz CT molecular complexity index is 1570. The number of halogens is 2. The lowest BCUT2D eigenvalue weighted by atomic mass is 10.2. The Kier molecular flexibility index (Phi) is 7.10. The molecule has 1 amide bonds. The van der Waals surface area contributed by atoms with Gasteiger partial charge in [-0.05, 0) is 60.9 Å². The zero-order valence-corrected chi connectivity index (χ0v) is 21.3. The third-order valence-electron chi connectivity index (χ3n) is 6.39. The number of amides is 1. The molecule has 3 aromatic carbocycles. The first-order valence-corrected chi connectivity index (χ1v) is 13.6. The summed E-state index contributed by atoms with van der Waals surface area (Å²) >= 11 is 5.89. The number of benzene rings is 3. The first-order valence-electron chi connectivity index (χ1n) is 11.8. The average Bonchev–Trinajstić information content (AvgIpc) is 3.52. The Morgan fingerprint density at radius 1 is 1.08 bits per heavy atom. The summed E-state index contributed by atoms with van der Waals surface area (Å²) < 4.78 is 42.8. The van der Waals surface area contributed by atoms with E-state index >= 15 is 0 Å². The highest BCUT2D eigenvalue weighted by Gasteiger charge is 2.39. The Balaban J connectivity index is 1.32. The van der Waals surface area contributed by atoms with Gasteiger partial charge >= 0.3 is 0 Å². The Hall–Kier alpha value is -3.53. The third-order valence-corrected chi connectivity index (χ3v) is 8.56. The molecule has 1 aliphatic rings. The van der Waals surface area contributed by atoms with Gasteiger partial charge in [-0.25, -0.2) is 18.2 Å². The molecule has 2 heterocycles. The number of hydrazone groups is 1. The maximum Gasteiger partial charge on any atom is 0.258 e. The van der Waals surface area contributed by atoms with E-state index in [0.29, 0.717) is 24.4 Å². The van der Waals surface area contributed by atoms with Crippen molar-refractivity contribution >= 4 is 44.6 Å². The topological polar surface area (TPSA) is 83.8 Å². The summed E-state index contributed by atoms with van der Waals surface area (Å²) in [6.07, 6.45) is 4.45. The van der Waals surface area contributed by atoms with Crippen molar-refractivity contribution in [2.45, 2.75) is 30.3 Å². The molecule has 0 saturated carbocycles. The van der Waals surface area contributed by atoms with Crippen LogP contribution in [0.1, 0.15) is 24.0 Å². The summed E-state index contributed by atoms with van der Waals surface area (Å²) in [6, 6.07) is 19.2. The highest BCUT2D eigenvalue weighted by atomic mass is 35.5. The lowest BCUT2D eigenvalue weighted by Gasteiger charge is -2.22. The molecule has 1 fully saturated rings. The molecule has 1 N–H and O–H groups in total. The van der Waals surface area contributed by atoms with Gasteiger partial charge in [-0.3, -0.25) is 4.79 Å². The van der Waals surface area contributed by atoms with Crippen molar-refractivity contribution in [3.8, 4) is 0 Å². The third kappa shape index (κ3) is 5.29. The van der Waals surface area contributed by atoms with Crippen molar-refractivity contribution in [2.24, 2.45) is 5.10 Å². The van der Waals surface area contributed by atoms with Crippen LogP contribution in [0.2, 0.25) is 5.02 Å². The van der Waals surface area contributed by atoms with E-state index in [1.54, 1.807) is 18.3 Å². The number of nitrogens with one attached hydrogen (secondary N) is 1. The SMILES string of the molecule is O=C(N/N=C\c1cn(Cc2ccc(F)cc2)c2ccccc12)[C@H]1CCCN1S(=O)(=O)c1ccc(Cl)cc1. The van der Waals surface area contributed by atoms with Crippen molar-refractivity contribution in [2.75, 3.05) is 6.54 Å². The second-order valence-electron chi connectivity index (χ2n) is 8.82. The van der Waals surface area contributed by atoms with Crippen LogP contribution in [0.25, 0.3) is 10.9 Å². The van der Waals surface area contributed by atoms with Crippen molar-refractivity contribution in [1.29, 1.82) is 0 Å². The lowest BCUT2D eigenvalue weighted by Crippen LogP contribution is -2.44. The van der Waals surface area contributed by atoms with E-state index < -0.39 is 22.0 Å². The molecule has 7 nitrogen and oxygen atoms in total. The van der Waals surface area contributed by atoms with Gasteiger partial charge in [0.2, 0.25) is 10.0 Å². The molecule has 37 heavy (non-hydrogen) atoms. The fraction of sp³-hybridized carbons (Fsp3) is 0.185. The van der Waals surface area contributed by atoms with Gasteiger partial charge in [0.25, 0.3) is 5.91 Å². The first kappa shape index (κ1) is 25.1. The molecule has 190 valence electrons. The first-order chi connectivity index (χ1) is 17.8. The second-order valence-corrected chi connectivity index (χ2v) is 11.1. The summed E-state index contributed by atoms with van der Waals surface area (Å²) in [5, 5.41) is 5.52. The minimum Gasteiger partial charge on any atom is -0.342 e. The number of sulfonamides is 1. The molecule has 0 spiro atoms. The molecule has 1 aromatic heterocycles. The molecule has 0 radical (unpaired) electrons. The molecule has 1 atom stereocenters. The summed E-state index contributed by atoms with van der Waals surface area (Å²) in [7, 11) is -3.85. The molecule has 5 rings (SSSR count). The zero-order valence-electron chi connectivity index (χ0n) is 19.7. The van der Waals surface area contributed by atoms with Crippen LogP contribution in [-0.2, 0) is 21.4 Å². The standard InChI is InChI=1S/C27H24ClFN4O3S/c28-21-9-13-23(14-10-21)37(35,36)33-15-3-6-26(33)27(34)31-30-16-20-18-32(25-5-2-1-4-24(20)25)17-19-7-11-22(29)12-8-19/h1-2,4-5,7-14,16,18,26H,3,6,15,17H2,(H,31,34)/b30-16-/t26-/m1/s1. The Labute approximate surface area is 219 Å². The van der Waals surface area contributed by atoms with Gasteiger partial charge in [-0.15, -0.1) is 0 Å². The summed E-state index contributed by atoms with van der Waals surface area (Å²) in [6.45, 7) is 0.796. The highest BCUT2D eigenvalue weighted by molar-refractivity contribution is 7.89. The normalized spacial score (nSPS) is 16.5. The average molecular weight is 539 g/mol. The molecule has 4 aromatic rings. The Morgan fingerprint density at radius 2 is 1.81 bits per heavy atom. The largest absolute Gasteiger partial charge is 0.342 e. The fourth-order valence-corrected chi connectivity index (χ4v) is 6.35. The molecule has 0 bridgehead atoms. The van der Waals surface area contributed by atoms with E-state index in [9.17, 15) is 17.6 Å². The van der Waals surface area contributed by atoms with Crippen LogP contribution in [-0.4, -0.2) is 42.0 Å². The second kappa shape index (κ2) is 10.5. The van der Waals surface area contributed by atoms with Crippen LogP contribution in [0.5, 0.6) is 0 Å². The smallest absolute Gasteiger partial charge is 0.258 e. The van der Waals surface area contributed by atoms with Crippen LogP contribution in [0.15, 0.2) is 89.0 Å². The van der Waals surface area contributed by atoms with Crippen LogP contribution < -0.4 is 5.43 Å². The number of carbonyl (C=O) groups is 1. The summed E-state index contributed by atoms with van der Waals surface area (Å²) in [5.41, 5.74) is 5.22. The number of aromatic nitrogens is 1. The quantitative estimate of drug-likeness (QED) is 0.271. The monoisotopic (exact) mass is 538 g/mol. The highest BCUT2D eigenvalue weighted by Crippen LogP contribution is 2.27. The number of para-hydroxylation sites is 1. The molecule has 1 saturated heterocycles. The van der Waals surface area contributed by atoms with E-state index in [-0.39, 0.29) is 17.3 Å². The number of hydrogen-bond donors (Lipinski definition) is 1. The van der Waals surface area contributed by atoms with Crippen LogP contribution in [0.4, 0.5) is 4.39 Å². The number of carbonyl (C=O) groups excluding carboxylic acids is 1. The van der Waals surface area contributed by atoms with Gasteiger partial charge in [0.05, 0.1) is 11.1 Å². The van der Waals surface area contributed by atoms with Gasteiger partial charge in [-0.2, -0.15) is 9.41 Å². The zero-order chi connectivity index (χ0) is 26.0.